The molecule has 0 aromatic heterocycles. The summed E-state index contributed by atoms with van der Waals surface area (Å²) in [5.74, 6) is 0. The molecule has 2 N–H and O–H groups in total. The maximum Gasteiger partial charge on any atom is 0.102 e. The van der Waals surface area contributed by atoms with Gasteiger partial charge < -0.3 is 10.4 Å². The molecule has 0 bridgehead atoms. The van der Waals surface area contributed by atoms with Gasteiger partial charge in [0, 0.05) is 6.54 Å². The lowest BCUT2D eigenvalue weighted by Gasteiger charge is -2.33. The second-order valence-corrected chi connectivity index (χ2v) is 4.61. The quantitative estimate of drug-likeness (QED) is 0.733. The standard InChI is InChI=1S/C13H19NO/c1-10-4-5-12(8-11(10)2)13(15)6-3-7-14-9-13/h4-5,8,14-15H,3,6-7,9H2,1-2H3. The third kappa shape index (κ3) is 2.06. The van der Waals surface area contributed by atoms with Gasteiger partial charge in [0.15, 0.2) is 0 Å². The molecule has 0 aliphatic carbocycles. The summed E-state index contributed by atoms with van der Waals surface area (Å²) >= 11 is 0. The topological polar surface area (TPSA) is 32.3 Å². The molecule has 2 nitrogen and oxygen atoms in total. The van der Waals surface area contributed by atoms with Gasteiger partial charge in [0.1, 0.15) is 5.60 Å². The van der Waals surface area contributed by atoms with Crippen molar-refractivity contribution in [1.82, 2.24) is 5.32 Å². The Kier molecular flexibility index (Phi) is 2.81. The fraction of sp³-hybridized carbons (Fsp3) is 0.538. The molecular formula is C13H19NO. The number of hydrogen-bond donors (Lipinski definition) is 2. The van der Waals surface area contributed by atoms with E-state index in [9.17, 15) is 5.11 Å². The van der Waals surface area contributed by atoms with Crippen LogP contribution in [-0.4, -0.2) is 18.2 Å². The van der Waals surface area contributed by atoms with E-state index in [1.165, 1.54) is 11.1 Å². The first-order chi connectivity index (χ1) is 7.12. The minimum Gasteiger partial charge on any atom is -0.384 e. The normalized spacial score (nSPS) is 26.6. The fourth-order valence-electron chi connectivity index (χ4n) is 2.17. The van der Waals surface area contributed by atoms with E-state index in [0.29, 0.717) is 6.54 Å². The monoisotopic (exact) mass is 205 g/mol. The van der Waals surface area contributed by atoms with Gasteiger partial charge in [-0.2, -0.15) is 0 Å². The van der Waals surface area contributed by atoms with Crippen molar-refractivity contribution in [3.8, 4) is 0 Å². The van der Waals surface area contributed by atoms with Crippen LogP contribution in [0.4, 0.5) is 0 Å². The Bertz CT molecular complexity index is 354. The Hall–Kier alpha value is -0.860. The molecule has 82 valence electrons. The van der Waals surface area contributed by atoms with Gasteiger partial charge >= 0.3 is 0 Å². The molecule has 15 heavy (non-hydrogen) atoms. The van der Waals surface area contributed by atoms with Crippen LogP contribution in [0.1, 0.15) is 29.5 Å². The highest BCUT2D eigenvalue weighted by Crippen LogP contribution is 2.29. The van der Waals surface area contributed by atoms with E-state index in [1.54, 1.807) is 0 Å². The maximum absolute atomic E-state index is 10.5. The number of aryl methyl sites for hydroxylation is 2. The Balaban J connectivity index is 2.31. The first-order valence-corrected chi connectivity index (χ1v) is 5.63. The molecule has 1 aromatic rings. The zero-order valence-corrected chi connectivity index (χ0v) is 9.51. The van der Waals surface area contributed by atoms with E-state index in [2.05, 4.69) is 37.4 Å². The van der Waals surface area contributed by atoms with Gasteiger partial charge in [-0.15, -0.1) is 0 Å². The molecule has 0 radical (unpaired) electrons. The van der Waals surface area contributed by atoms with E-state index in [-0.39, 0.29) is 0 Å². The molecule has 0 spiro atoms. The van der Waals surface area contributed by atoms with Crippen LogP contribution in [0.15, 0.2) is 18.2 Å². The third-order valence-electron chi connectivity index (χ3n) is 3.41. The van der Waals surface area contributed by atoms with Crippen LogP contribution >= 0.6 is 0 Å². The van der Waals surface area contributed by atoms with Gasteiger partial charge in [-0.1, -0.05) is 18.2 Å². The van der Waals surface area contributed by atoms with Crippen molar-refractivity contribution in [2.45, 2.75) is 32.3 Å². The molecule has 1 saturated heterocycles. The number of nitrogens with one attached hydrogen (secondary N) is 1. The van der Waals surface area contributed by atoms with Crippen LogP contribution in [0.25, 0.3) is 0 Å². The Morgan fingerprint density at radius 3 is 2.67 bits per heavy atom. The highest BCUT2D eigenvalue weighted by Gasteiger charge is 2.31. The summed E-state index contributed by atoms with van der Waals surface area (Å²) in [5, 5.41) is 13.8. The second-order valence-electron chi connectivity index (χ2n) is 4.61. The summed E-state index contributed by atoms with van der Waals surface area (Å²) in [6, 6.07) is 6.26. The van der Waals surface area contributed by atoms with Crippen molar-refractivity contribution in [1.29, 1.82) is 0 Å². The van der Waals surface area contributed by atoms with E-state index in [1.807, 2.05) is 0 Å². The van der Waals surface area contributed by atoms with Crippen LogP contribution in [0.5, 0.6) is 0 Å². The number of rotatable bonds is 1. The number of piperidine rings is 1. The lowest BCUT2D eigenvalue weighted by atomic mass is 9.85. The molecule has 1 unspecified atom stereocenters. The lowest BCUT2D eigenvalue weighted by Crippen LogP contribution is -2.43. The number of hydrogen-bond acceptors (Lipinski definition) is 2. The second kappa shape index (κ2) is 3.95. The summed E-state index contributed by atoms with van der Waals surface area (Å²) in [7, 11) is 0. The van der Waals surface area contributed by atoms with Crippen LogP contribution in [0.2, 0.25) is 0 Å². The minimum absolute atomic E-state index is 0.656. The molecular weight excluding hydrogens is 186 g/mol. The largest absolute Gasteiger partial charge is 0.384 e. The Labute approximate surface area is 91.3 Å². The average Bonchev–Trinajstić information content (AvgIpc) is 2.23. The van der Waals surface area contributed by atoms with Gasteiger partial charge in [-0.05, 0) is 49.9 Å². The maximum atomic E-state index is 10.5. The molecule has 1 aromatic carbocycles. The van der Waals surface area contributed by atoms with Gasteiger partial charge in [0.2, 0.25) is 0 Å². The van der Waals surface area contributed by atoms with Crippen molar-refractivity contribution >= 4 is 0 Å². The summed E-state index contributed by atoms with van der Waals surface area (Å²) < 4.78 is 0. The minimum atomic E-state index is -0.656. The van der Waals surface area contributed by atoms with Gasteiger partial charge in [0.25, 0.3) is 0 Å². The third-order valence-corrected chi connectivity index (χ3v) is 3.41. The van der Waals surface area contributed by atoms with E-state index < -0.39 is 5.60 Å². The van der Waals surface area contributed by atoms with E-state index >= 15 is 0 Å². The summed E-state index contributed by atoms with van der Waals surface area (Å²) in [6.07, 6.45) is 1.91. The molecule has 0 amide bonds. The summed E-state index contributed by atoms with van der Waals surface area (Å²) in [6.45, 7) is 5.89. The predicted octanol–water partition coefficient (Wildman–Crippen LogP) is 1.87. The van der Waals surface area contributed by atoms with Crippen LogP contribution in [0.3, 0.4) is 0 Å². The SMILES string of the molecule is Cc1ccc(C2(O)CCCNC2)cc1C. The highest BCUT2D eigenvalue weighted by molar-refractivity contribution is 5.33. The molecule has 0 saturated carbocycles. The summed E-state index contributed by atoms with van der Waals surface area (Å²) in [5.41, 5.74) is 2.94. The Morgan fingerprint density at radius 1 is 1.27 bits per heavy atom. The molecule has 2 heteroatoms. The van der Waals surface area contributed by atoms with E-state index in [0.717, 1.165) is 24.9 Å². The zero-order valence-electron chi connectivity index (χ0n) is 9.51. The fourth-order valence-corrected chi connectivity index (χ4v) is 2.17. The zero-order chi connectivity index (χ0) is 10.9. The van der Waals surface area contributed by atoms with Crippen molar-refractivity contribution in [3.05, 3.63) is 34.9 Å². The van der Waals surface area contributed by atoms with Crippen LogP contribution < -0.4 is 5.32 Å². The average molecular weight is 205 g/mol. The summed E-state index contributed by atoms with van der Waals surface area (Å²) in [4.78, 5) is 0. The molecule has 1 aliphatic heterocycles. The first kappa shape index (κ1) is 10.7. The van der Waals surface area contributed by atoms with Crippen LogP contribution in [-0.2, 0) is 5.60 Å². The van der Waals surface area contributed by atoms with Gasteiger partial charge in [-0.3, -0.25) is 0 Å². The van der Waals surface area contributed by atoms with Crippen molar-refractivity contribution in [2.75, 3.05) is 13.1 Å². The molecule has 1 fully saturated rings. The number of β-amino-alcohol motifs (C(OH)–C–C–N with tert-alkyl or cyclic N) is 1. The molecule has 2 rings (SSSR count). The smallest absolute Gasteiger partial charge is 0.102 e. The molecule has 1 heterocycles. The van der Waals surface area contributed by atoms with Crippen molar-refractivity contribution in [3.63, 3.8) is 0 Å². The number of aliphatic hydroxyl groups is 1. The van der Waals surface area contributed by atoms with E-state index in [4.69, 9.17) is 0 Å². The number of benzene rings is 1. The lowest BCUT2D eigenvalue weighted by molar-refractivity contribution is 0.0122. The Morgan fingerprint density at radius 2 is 2.07 bits per heavy atom. The van der Waals surface area contributed by atoms with Gasteiger partial charge in [0.05, 0.1) is 0 Å². The predicted molar refractivity (Wildman–Crippen MR) is 61.9 cm³/mol. The van der Waals surface area contributed by atoms with Crippen molar-refractivity contribution in [2.24, 2.45) is 0 Å². The van der Waals surface area contributed by atoms with Gasteiger partial charge in [-0.25, -0.2) is 0 Å². The first-order valence-electron chi connectivity index (χ1n) is 5.63. The van der Waals surface area contributed by atoms with Crippen molar-refractivity contribution < 1.29 is 5.11 Å². The molecule has 1 aliphatic rings. The molecule has 1 atom stereocenters. The highest BCUT2D eigenvalue weighted by atomic mass is 16.3. The van der Waals surface area contributed by atoms with Crippen LogP contribution in [0, 0.1) is 13.8 Å².